The number of carbonyl (C=O) groups is 1. The molecular weight excluding hydrogens is 275 g/mol. The summed E-state index contributed by atoms with van der Waals surface area (Å²) in [6, 6.07) is 1.36. The number of nitrogens with zero attached hydrogens (tertiary/aromatic N) is 2. The van der Waals surface area contributed by atoms with E-state index in [1.165, 1.54) is 12.3 Å². The van der Waals surface area contributed by atoms with Crippen LogP contribution in [0.25, 0.3) is 0 Å². The molecule has 1 saturated heterocycles. The van der Waals surface area contributed by atoms with Crippen LogP contribution >= 0.6 is 0 Å². The molecule has 1 aromatic heterocycles. The third-order valence-corrected chi connectivity index (χ3v) is 3.24. The lowest BCUT2D eigenvalue weighted by Crippen LogP contribution is -2.58. The van der Waals surface area contributed by atoms with Crippen LogP contribution in [0.4, 0.5) is 10.2 Å². The summed E-state index contributed by atoms with van der Waals surface area (Å²) in [6.07, 6.45) is 1.35. The lowest BCUT2D eigenvalue weighted by Gasteiger charge is -2.47. The standard InChI is InChI=1S/C14H21FN4O2/c1-13(2)7-19(8-14(3,4)21-13)12(20)9-5-6-17-11(18-16)10(9)15/h5-6H,7-8,16H2,1-4H3,(H,17,18). The average molecular weight is 296 g/mol. The van der Waals surface area contributed by atoms with Gasteiger partial charge in [0.05, 0.1) is 16.8 Å². The predicted octanol–water partition coefficient (Wildman–Crippen LogP) is 1.54. The van der Waals surface area contributed by atoms with Gasteiger partial charge >= 0.3 is 0 Å². The number of morpholine rings is 1. The zero-order valence-corrected chi connectivity index (χ0v) is 12.7. The van der Waals surface area contributed by atoms with E-state index < -0.39 is 22.9 Å². The molecule has 3 N–H and O–H groups in total. The first kappa shape index (κ1) is 15.7. The number of halogens is 1. The second kappa shape index (κ2) is 5.23. The van der Waals surface area contributed by atoms with Crippen molar-refractivity contribution in [1.82, 2.24) is 9.88 Å². The highest BCUT2D eigenvalue weighted by Gasteiger charge is 2.40. The van der Waals surface area contributed by atoms with Crippen LogP contribution in [0, 0.1) is 5.82 Å². The SMILES string of the molecule is CC1(C)CN(C(=O)c2ccnc(NN)c2F)CC(C)(C)O1. The van der Waals surface area contributed by atoms with Crippen LogP contribution in [0.15, 0.2) is 12.3 Å². The first-order chi connectivity index (χ1) is 9.65. The smallest absolute Gasteiger partial charge is 0.257 e. The monoisotopic (exact) mass is 296 g/mol. The molecule has 0 aromatic carbocycles. The Balaban J connectivity index is 2.32. The number of ether oxygens (including phenoxy) is 1. The molecule has 0 saturated carbocycles. The Morgan fingerprint density at radius 1 is 1.38 bits per heavy atom. The van der Waals surface area contributed by atoms with Crippen LogP contribution in [0.3, 0.4) is 0 Å². The van der Waals surface area contributed by atoms with Gasteiger partial charge in [0.25, 0.3) is 5.91 Å². The Labute approximate surface area is 123 Å². The molecule has 1 aliphatic rings. The van der Waals surface area contributed by atoms with Gasteiger partial charge in [0.1, 0.15) is 0 Å². The normalized spacial score (nSPS) is 20.2. The van der Waals surface area contributed by atoms with Gasteiger partial charge < -0.3 is 15.1 Å². The topological polar surface area (TPSA) is 80.5 Å². The highest BCUT2D eigenvalue weighted by molar-refractivity contribution is 5.95. The summed E-state index contributed by atoms with van der Waals surface area (Å²) in [7, 11) is 0. The first-order valence-corrected chi connectivity index (χ1v) is 6.76. The molecule has 0 unspecified atom stereocenters. The molecule has 2 rings (SSSR count). The van der Waals surface area contributed by atoms with Crippen molar-refractivity contribution in [2.45, 2.75) is 38.9 Å². The maximum absolute atomic E-state index is 14.2. The highest BCUT2D eigenvalue weighted by Crippen LogP contribution is 2.29. The van der Waals surface area contributed by atoms with Gasteiger partial charge in [0, 0.05) is 19.3 Å². The fraction of sp³-hybridized carbons (Fsp3) is 0.571. The summed E-state index contributed by atoms with van der Waals surface area (Å²) >= 11 is 0. The minimum Gasteiger partial charge on any atom is -0.366 e. The van der Waals surface area contributed by atoms with Gasteiger partial charge in [-0.05, 0) is 33.8 Å². The van der Waals surface area contributed by atoms with Crippen LogP contribution in [-0.2, 0) is 4.74 Å². The predicted molar refractivity (Wildman–Crippen MR) is 77.2 cm³/mol. The molecule has 1 aliphatic heterocycles. The summed E-state index contributed by atoms with van der Waals surface area (Å²) in [5.74, 6) is 3.91. The van der Waals surface area contributed by atoms with Crippen molar-refractivity contribution in [3.63, 3.8) is 0 Å². The van der Waals surface area contributed by atoms with Crippen molar-refractivity contribution in [2.24, 2.45) is 5.84 Å². The van der Waals surface area contributed by atoms with E-state index >= 15 is 0 Å². The number of nitrogen functional groups attached to an aromatic ring is 1. The molecule has 21 heavy (non-hydrogen) atoms. The summed E-state index contributed by atoms with van der Waals surface area (Å²) in [4.78, 5) is 17.9. The van der Waals surface area contributed by atoms with Crippen molar-refractivity contribution in [2.75, 3.05) is 18.5 Å². The zero-order chi connectivity index (χ0) is 15.8. The van der Waals surface area contributed by atoms with Crippen LogP contribution in [0.2, 0.25) is 0 Å². The molecule has 1 aromatic rings. The summed E-state index contributed by atoms with van der Waals surface area (Å²) in [6.45, 7) is 8.41. The molecule has 0 bridgehead atoms. The lowest BCUT2D eigenvalue weighted by atomic mass is 9.98. The third kappa shape index (κ3) is 3.30. The molecule has 0 spiro atoms. The van der Waals surface area contributed by atoms with Crippen molar-refractivity contribution < 1.29 is 13.9 Å². The molecule has 0 aliphatic carbocycles. The number of carbonyl (C=O) groups excluding carboxylic acids is 1. The number of amides is 1. The maximum atomic E-state index is 14.2. The molecule has 6 nitrogen and oxygen atoms in total. The Bertz CT molecular complexity index is 544. The average Bonchev–Trinajstić information content (AvgIpc) is 2.34. The second-order valence-electron chi connectivity index (χ2n) is 6.45. The van der Waals surface area contributed by atoms with Crippen molar-refractivity contribution >= 4 is 11.7 Å². The molecule has 2 heterocycles. The molecule has 7 heteroatoms. The van der Waals surface area contributed by atoms with Crippen molar-refractivity contribution in [3.05, 3.63) is 23.6 Å². The Hall–Kier alpha value is -1.73. The van der Waals surface area contributed by atoms with E-state index in [1.807, 2.05) is 27.7 Å². The number of nitrogens with two attached hydrogens (primary N) is 1. The third-order valence-electron chi connectivity index (χ3n) is 3.24. The van der Waals surface area contributed by atoms with Crippen LogP contribution in [-0.4, -0.2) is 40.1 Å². The number of hydrazine groups is 1. The van der Waals surface area contributed by atoms with Gasteiger partial charge in [0.15, 0.2) is 11.6 Å². The van der Waals surface area contributed by atoms with Gasteiger partial charge in [-0.2, -0.15) is 0 Å². The largest absolute Gasteiger partial charge is 0.366 e. The van der Waals surface area contributed by atoms with Gasteiger partial charge in [-0.25, -0.2) is 15.2 Å². The summed E-state index contributed by atoms with van der Waals surface area (Å²) in [5, 5.41) is 0. The highest BCUT2D eigenvalue weighted by atomic mass is 19.1. The van der Waals surface area contributed by atoms with E-state index in [-0.39, 0.29) is 11.4 Å². The van der Waals surface area contributed by atoms with E-state index in [0.29, 0.717) is 13.1 Å². The number of hydrogen-bond donors (Lipinski definition) is 2. The molecule has 116 valence electrons. The number of nitrogens with one attached hydrogen (secondary N) is 1. The lowest BCUT2D eigenvalue weighted by molar-refractivity contribution is -0.171. The van der Waals surface area contributed by atoms with E-state index in [2.05, 4.69) is 10.4 Å². The quantitative estimate of drug-likeness (QED) is 0.639. The van der Waals surface area contributed by atoms with Crippen molar-refractivity contribution in [1.29, 1.82) is 0 Å². The van der Waals surface area contributed by atoms with Crippen LogP contribution in [0.5, 0.6) is 0 Å². The van der Waals surface area contributed by atoms with Crippen LogP contribution in [0.1, 0.15) is 38.1 Å². The molecule has 1 fully saturated rings. The van der Waals surface area contributed by atoms with E-state index in [1.54, 1.807) is 4.90 Å². The Kier molecular flexibility index (Phi) is 3.90. The van der Waals surface area contributed by atoms with E-state index in [4.69, 9.17) is 10.6 Å². The van der Waals surface area contributed by atoms with E-state index in [0.717, 1.165) is 0 Å². The molecule has 0 radical (unpaired) electrons. The Morgan fingerprint density at radius 2 is 1.95 bits per heavy atom. The maximum Gasteiger partial charge on any atom is 0.257 e. The molecule has 1 amide bonds. The van der Waals surface area contributed by atoms with Gasteiger partial charge in [-0.15, -0.1) is 0 Å². The van der Waals surface area contributed by atoms with Gasteiger partial charge in [-0.1, -0.05) is 0 Å². The number of pyridine rings is 1. The number of rotatable bonds is 2. The summed E-state index contributed by atoms with van der Waals surface area (Å²) < 4.78 is 20.1. The molecular formula is C14H21FN4O2. The number of anilines is 1. The van der Waals surface area contributed by atoms with Gasteiger partial charge in [-0.3, -0.25) is 4.79 Å². The number of hydrogen-bond acceptors (Lipinski definition) is 5. The Morgan fingerprint density at radius 3 is 2.48 bits per heavy atom. The first-order valence-electron chi connectivity index (χ1n) is 6.76. The summed E-state index contributed by atoms with van der Waals surface area (Å²) in [5.41, 5.74) is 1.11. The second-order valence-corrected chi connectivity index (χ2v) is 6.45. The fourth-order valence-corrected chi connectivity index (χ4v) is 2.81. The minimum atomic E-state index is -0.743. The number of aromatic nitrogens is 1. The van der Waals surface area contributed by atoms with E-state index in [9.17, 15) is 9.18 Å². The minimum absolute atomic E-state index is 0.0496. The van der Waals surface area contributed by atoms with Gasteiger partial charge in [0.2, 0.25) is 0 Å². The fourth-order valence-electron chi connectivity index (χ4n) is 2.81. The zero-order valence-electron chi connectivity index (χ0n) is 12.7. The van der Waals surface area contributed by atoms with Crippen molar-refractivity contribution in [3.8, 4) is 0 Å². The molecule has 0 atom stereocenters. The van der Waals surface area contributed by atoms with Crippen LogP contribution < -0.4 is 11.3 Å².